The van der Waals surface area contributed by atoms with Gasteiger partial charge in [0.25, 0.3) is 0 Å². The van der Waals surface area contributed by atoms with Gasteiger partial charge < -0.3 is 136 Å². The van der Waals surface area contributed by atoms with Crippen molar-refractivity contribution in [3.8, 4) is 0 Å². The van der Waals surface area contributed by atoms with E-state index in [-0.39, 0.29) is 137 Å². The van der Waals surface area contributed by atoms with Crippen LogP contribution in [0.5, 0.6) is 0 Å². The van der Waals surface area contributed by atoms with Gasteiger partial charge >= 0.3 is 0 Å². The normalized spacial score (nSPS) is 24.5. The topological polar surface area (TPSA) is 518 Å². The minimum atomic E-state index is -1.14. The van der Waals surface area contributed by atoms with E-state index in [1.165, 1.54) is 0 Å². The molecule has 0 bridgehead atoms. The third kappa shape index (κ3) is 50.9. The number of rotatable bonds is 63. The van der Waals surface area contributed by atoms with Crippen molar-refractivity contribution in [1.29, 1.82) is 0 Å². The first-order valence-corrected chi connectivity index (χ1v) is 45.2. The second-order valence-corrected chi connectivity index (χ2v) is 32.3. The molecule has 0 aromatic carbocycles. The number of hydrogen-bond donors (Lipinski definition) is 17. The Morgan fingerprint density at radius 3 is 1.13 bits per heavy atom. The lowest BCUT2D eigenvalue weighted by atomic mass is 9.84. The lowest BCUT2D eigenvalue weighted by Gasteiger charge is -2.40. The molecule has 17 atom stereocenters. The molecule has 4 aliphatic rings. The number of ether oxygens (including phenoxy) is 9. The van der Waals surface area contributed by atoms with Crippen LogP contribution in [0.1, 0.15) is 260 Å². The van der Waals surface area contributed by atoms with E-state index in [1.807, 2.05) is 11.8 Å². The summed E-state index contributed by atoms with van der Waals surface area (Å²) < 4.78 is 50.6. The number of Topliss-reactive ketones (excluding diaryl/α,β-unsaturated/α-hetero) is 1. The SMILES string of the molecule is CCC(=O)NCCCNC(=O)CCCCOC1OC(CO)C(O)C(O)C1C.CCCCNC(=O)CCCCOC1OC(CO)C(O)C(O)C1C.CCCCNC(=O)CCCCOC1OC(CO)C(O)C(O)C1C.CCOCC(COCCC(=O)NC)(COCCC(=O)NC)CC(=O)CCCCCCCCCCC(=O)N1C[C@H](O)C[C@H]1CCCCCO. The Hall–Kier alpha value is -4.84. The summed E-state index contributed by atoms with van der Waals surface area (Å²) in [4.78, 5) is 96.9. The molecule has 0 saturated carbocycles. The number of hydrogen-bond acceptors (Lipinski definition) is 28. The number of aliphatic hydroxyl groups excluding tert-OH is 11. The quantitative estimate of drug-likeness (QED) is 0.0388. The highest BCUT2D eigenvalue weighted by molar-refractivity contribution is 5.80. The first-order chi connectivity index (χ1) is 58.1. The van der Waals surface area contributed by atoms with Gasteiger partial charge in [0.2, 0.25) is 41.4 Å². The monoisotopic (exact) mass is 1740 g/mol. The minimum absolute atomic E-state index is 0.00456. The number of carbonyl (C=O) groups is 8. The second-order valence-electron chi connectivity index (χ2n) is 32.3. The molecule has 35 heteroatoms. The predicted molar refractivity (Wildman–Crippen MR) is 452 cm³/mol. The van der Waals surface area contributed by atoms with Crippen LogP contribution in [0.15, 0.2) is 0 Å². The highest BCUT2D eigenvalue weighted by atomic mass is 16.7. The summed E-state index contributed by atoms with van der Waals surface area (Å²) in [6.45, 7) is 17.8. The summed E-state index contributed by atoms with van der Waals surface area (Å²) in [5.41, 5.74) is -0.699. The number of unbranched alkanes of at least 4 members (excludes halogenated alkanes) is 14. The summed E-state index contributed by atoms with van der Waals surface area (Å²) >= 11 is 0. The Bertz CT molecular complexity index is 2590. The van der Waals surface area contributed by atoms with Crippen LogP contribution in [-0.2, 0) is 81.0 Å². The smallest absolute Gasteiger partial charge is 0.222 e. The molecule has 4 aliphatic heterocycles. The van der Waals surface area contributed by atoms with Gasteiger partial charge in [-0.15, -0.1) is 0 Å². The number of nitrogens with zero attached hydrogens (tertiary/aromatic N) is 1. The van der Waals surface area contributed by atoms with Crippen molar-refractivity contribution in [2.24, 2.45) is 23.2 Å². The summed E-state index contributed by atoms with van der Waals surface area (Å²) in [6, 6.07) is 0.126. The summed E-state index contributed by atoms with van der Waals surface area (Å²) in [6.07, 6.45) is 13.3. The predicted octanol–water partition coefficient (Wildman–Crippen LogP) is 3.30. The number of amides is 7. The number of aliphatic hydroxyl groups is 11. The molecule has 4 saturated heterocycles. The van der Waals surface area contributed by atoms with Gasteiger partial charge in [-0.25, -0.2) is 0 Å². The maximum Gasteiger partial charge on any atom is 0.222 e. The van der Waals surface area contributed by atoms with Crippen LogP contribution in [-0.4, -0.2) is 327 Å². The fourth-order valence-electron chi connectivity index (χ4n) is 13.9. The number of carbonyl (C=O) groups excluding carboxylic acids is 8. The lowest BCUT2D eigenvalue weighted by Crippen LogP contribution is -2.55. The largest absolute Gasteiger partial charge is 0.396 e. The molecule has 7 amide bonds. The van der Waals surface area contributed by atoms with Crippen molar-refractivity contribution in [2.75, 3.05) is 133 Å². The zero-order valence-corrected chi connectivity index (χ0v) is 74.7. The van der Waals surface area contributed by atoms with Crippen molar-refractivity contribution >= 4 is 47.1 Å². The molecule has 0 radical (unpaired) electrons. The molecule has 710 valence electrons. The molecule has 121 heavy (non-hydrogen) atoms. The second kappa shape index (κ2) is 71.2. The van der Waals surface area contributed by atoms with Crippen molar-refractivity contribution in [3.05, 3.63) is 0 Å². The maximum absolute atomic E-state index is 13.1. The number of β-amino-alcohol motifs (C(OH)–C–C–N with tert-alkyl or cyclic N) is 1. The Kier molecular flexibility index (Phi) is 67.2. The first-order valence-electron chi connectivity index (χ1n) is 45.2. The third-order valence-electron chi connectivity index (χ3n) is 21.8. The van der Waals surface area contributed by atoms with E-state index in [0.29, 0.717) is 136 Å². The van der Waals surface area contributed by atoms with Gasteiger partial charge in [-0.2, -0.15) is 0 Å². The molecule has 0 spiro atoms. The van der Waals surface area contributed by atoms with E-state index in [1.54, 1.807) is 41.8 Å². The van der Waals surface area contributed by atoms with E-state index in [4.69, 9.17) is 58.0 Å². The minimum Gasteiger partial charge on any atom is -0.396 e. The van der Waals surface area contributed by atoms with E-state index < -0.39 is 97.8 Å². The van der Waals surface area contributed by atoms with Crippen LogP contribution >= 0.6 is 0 Å². The number of nitrogens with one attached hydrogen (secondary N) is 6. The zero-order valence-electron chi connectivity index (χ0n) is 74.7. The fraction of sp³-hybridized carbons (Fsp3) is 0.907. The highest BCUT2D eigenvalue weighted by Crippen LogP contribution is 2.32. The maximum atomic E-state index is 13.1. The van der Waals surface area contributed by atoms with Crippen LogP contribution in [0.3, 0.4) is 0 Å². The van der Waals surface area contributed by atoms with Crippen molar-refractivity contribution in [2.45, 2.75) is 346 Å². The third-order valence-corrected chi connectivity index (χ3v) is 21.8. The van der Waals surface area contributed by atoms with Gasteiger partial charge in [0.15, 0.2) is 18.9 Å². The van der Waals surface area contributed by atoms with Gasteiger partial charge in [-0.1, -0.05) is 106 Å². The van der Waals surface area contributed by atoms with Crippen LogP contribution in [0.4, 0.5) is 0 Å². The number of likely N-dealkylation sites (tertiary alicyclic amines) is 1. The summed E-state index contributed by atoms with van der Waals surface area (Å²) in [7, 11) is 3.16. The van der Waals surface area contributed by atoms with Gasteiger partial charge in [0.05, 0.1) is 77.3 Å². The summed E-state index contributed by atoms with van der Waals surface area (Å²) in [5.74, 6) is -1.07. The zero-order chi connectivity index (χ0) is 90.2. The molecule has 17 N–H and O–H groups in total. The van der Waals surface area contributed by atoms with E-state index in [9.17, 15) is 79.2 Å². The molecular weight excluding hydrogens is 1580 g/mol. The van der Waals surface area contributed by atoms with Crippen LogP contribution in [0.2, 0.25) is 0 Å². The van der Waals surface area contributed by atoms with Crippen LogP contribution in [0, 0.1) is 23.2 Å². The van der Waals surface area contributed by atoms with E-state index >= 15 is 0 Å². The fourth-order valence-corrected chi connectivity index (χ4v) is 13.9. The Morgan fingerprint density at radius 1 is 0.397 bits per heavy atom. The Balaban J connectivity index is 0.000000856. The summed E-state index contributed by atoms with van der Waals surface area (Å²) in [5, 5.41) is 122. The number of ketones is 1. The highest BCUT2D eigenvalue weighted by Gasteiger charge is 2.45. The van der Waals surface area contributed by atoms with Gasteiger partial charge in [-0.05, 0) is 96.8 Å². The van der Waals surface area contributed by atoms with Gasteiger partial charge in [-0.3, -0.25) is 38.4 Å². The molecule has 0 aromatic heterocycles. The first kappa shape index (κ1) is 114. The molecule has 0 aromatic rings. The van der Waals surface area contributed by atoms with Crippen LogP contribution in [0.25, 0.3) is 0 Å². The standard InChI is InChI=1S/C36H67N3O9.C18H34N2O7.2C16H31NO6/c1-4-46-27-36(28-47-22-19-33(43)37-2,29-48-23-20-34(44)38-3)25-31(41)17-13-9-7-5-6-8-10-14-18-35(45)39-26-32(42)24-30(39)16-12-11-15-21-40;1-3-14(22)19-8-6-9-20-15(23)7-4-5-10-26-18-12(2)16(24)17(25)13(11-21)27-18;2*1-3-4-8-17-13(19)7-5-6-9-22-16-11(2)14(20)15(21)12(10-18)23-16/h30,32,40,42H,4-29H2,1-3H3,(H,37,43)(H,38,44);12-13,16-18,21,24-25H,3-11H2,1-2H3,(H,19,22)(H,20,23);2*11-12,14-16,18,20-21H,3-10H2,1-2H3,(H,17,19)/t30-,32-;;;/m1.../s1. The van der Waals surface area contributed by atoms with E-state index in [2.05, 4.69) is 45.7 Å². The van der Waals surface area contributed by atoms with Gasteiger partial charge in [0, 0.05) is 167 Å². The average molecular weight is 1740 g/mol. The lowest BCUT2D eigenvalue weighted by molar-refractivity contribution is -0.282. The van der Waals surface area contributed by atoms with Crippen molar-refractivity contribution < 1.29 is 137 Å². The molecule has 35 nitrogen and oxygen atoms in total. The Morgan fingerprint density at radius 2 is 0.760 bits per heavy atom. The molecule has 4 fully saturated rings. The molecule has 4 heterocycles. The van der Waals surface area contributed by atoms with Crippen molar-refractivity contribution in [1.82, 2.24) is 36.8 Å². The average Bonchev–Trinajstić information content (AvgIpc) is 1.71. The van der Waals surface area contributed by atoms with Gasteiger partial charge in [0.1, 0.15) is 42.4 Å². The van der Waals surface area contributed by atoms with Crippen LogP contribution < -0.4 is 31.9 Å². The van der Waals surface area contributed by atoms with Crippen molar-refractivity contribution in [3.63, 3.8) is 0 Å². The Labute approximate surface area is 720 Å². The molecule has 15 unspecified atom stereocenters. The molecule has 0 aliphatic carbocycles. The van der Waals surface area contributed by atoms with E-state index in [0.717, 1.165) is 116 Å². The molecular formula is C86H163N7O28. The molecule has 4 rings (SSSR count).